The Bertz CT molecular complexity index is 1070. The topological polar surface area (TPSA) is 58.4 Å². The number of hydrogen-bond acceptors (Lipinski definition) is 2. The number of amides is 2. The monoisotopic (exact) mass is 356 g/mol. The largest absolute Gasteiger partial charge is 0.323 e. The summed E-state index contributed by atoms with van der Waals surface area (Å²) in [6.07, 6.45) is 4.77. The smallest absolute Gasteiger partial charge is 0.307 e. The van der Waals surface area contributed by atoms with Gasteiger partial charge in [0.1, 0.15) is 5.65 Å². The van der Waals surface area contributed by atoms with E-state index in [2.05, 4.69) is 22.5 Å². The van der Waals surface area contributed by atoms with Crippen LogP contribution in [0.3, 0.4) is 0 Å². The van der Waals surface area contributed by atoms with E-state index in [0.717, 1.165) is 34.6 Å². The first kappa shape index (κ1) is 16.8. The van der Waals surface area contributed by atoms with Crippen molar-refractivity contribution in [3.63, 3.8) is 0 Å². The zero-order chi connectivity index (χ0) is 18.6. The second-order valence-corrected chi connectivity index (χ2v) is 6.23. The van der Waals surface area contributed by atoms with E-state index in [1.165, 1.54) is 0 Å². The van der Waals surface area contributed by atoms with Gasteiger partial charge in [0.15, 0.2) is 0 Å². The summed E-state index contributed by atoms with van der Waals surface area (Å²) < 4.78 is 1.96. The van der Waals surface area contributed by atoms with Gasteiger partial charge >= 0.3 is 6.03 Å². The van der Waals surface area contributed by atoms with Crippen LogP contribution in [0.4, 0.5) is 16.2 Å². The van der Waals surface area contributed by atoms with Crippen LogP contribution >= 0.6 is 0 Å². The molecular weight excluding hydrogens is 336 g/mol. The van der Waals surface area contributed by atoms with Crippen LogP contribution in [0.15, 0.2) is 79.1 Å². The van der Waals surface area contributed by atoms with E-state index in [9.17, 15) is 4.79 Å². The molecule has 0 unspecified atom stereocenters. The van der Waals surface area contributed by atoms with E-state index < -0.39 is 0 Å². The lowest BCUT2D eigenvalue weighted by molar-refractivity contribution is 0.262. The second-order valence-electron chi connectivity index (χ2n) is 6.23. The summed E-state index contributed by atoms with van der Waals surface area (Å²) in [4.78, 5) is 17.2. The van der Waals surface area contributed by atoms with Gasteiger partial charge in [-0.05, 0) is 36.2 Å². The highest BCUT2D eigenvalue weighted by Crippen LogP contribution is 2.27. The highest BCUT2D eigenvalue weighted by Gasteiger charge is 2.12. The molecule has 2 amide bonds. The predicted molar refractivity (Wildman–Crippen MR) is 109 cm³/mol. The molecule has 0 saturated heterocycles. The van der Waals surface area contributed by atoms with Crippen LogP contribution in [-0.2, 0) is 6.42 Å². The Morgan fingerprint density at radius 2 is 1.63 bits per heavy atom. The maximum absolute atomic E-state index is 12.6. The minimum absolute atomic E-state index is 0.271. The maximum atomic E-state index is 12.6. The number of carbonyl (C=O) groups excluding carboxylic acids is 1. The molecule has 0 bridgehead atoms. The number of anilines is 2. The van der Waals surface area contributed by atoms with E-state index in [0.29, 0.717) is 5.69 Å². The van der Waals surface area contributed by atoms with E-state index in [1.807, 2.05) is 83.5 Å². The highest BCUT2D eigenvalue weighted by molar-refractivity contribution is 6.02. The Morgan fingerprint density at radius 3 is 2.44 bits per heavy atom. The van der Waals surface area contributed by atoms with Crippen LogP contribution in [0.1, 0.15) is 12.5 Å². The molecule has 0 radical (unpaired) electrons. The van der Waals surface area contributed by atoms with Gasteiger partial charge in [0.05, 0.1) is 11.4 Å². The van der Waals surface area contributed by atoms with Crippen LogP contribution in [0.5, 0.6) is 0 Å². The van der Waals surface area contributed by atoms with Gasteiger partial charge in [-0.3, -0.25) is 0 Å². The summed E-state index contributed by atoms with van der Waals surface area (Å²) in [5.74, 6) is 0. The van der Waals surface area contributed by atoms with E-state index >= 15 is 0 Å². The van der Waals surface area contributed by atoms with E-state index in [4.69, 9.17) is 0 Å². The molecule has 0 aliphatic carbocycles. The summed E-state index contributed by atoms with van der Waals surface area (Å²) in [5, 5.41) is 5.89. The number of aromatic nitrogens is 2. The van der Waals surface area contributed by atoms with Gasteiger partial charge in [0.2, 0.25) is 0 Å². The zero-order valence-electron chi connectivity index (χ0n) is 15.0. The summed E-state index contributed by atoms with van der Waals surface area (Å²) in [5.41, 5.74) is 5.19. The summed E-state index contributed by atoms with van der Waals surface area (Å²) in [6.45, 7) is 2.07. The Hall–Kier alpha value is -3.60. The molecule has 2 N–H and O–H groups in total. The molecule has 4 aromatic rings. The average molecular weight is 356 g/mol. The van der Waals surface area contributed by atoms with Gasteiger partial charge in [-0.1, -0.05) is 49.4 Å². The number of rotatable bonds is 4. The predicted octanol–water partition coefficient (Wildman–Crippen LogP) is 5.21. The molecule has 134 valence electrons. The van der Waals surface area contributed by atoms with Crippen molar-refractivity contribution < 1.29 is 4.79 Å². The fourth-order valence-corrected chi connectivity index (χ4v) is 3.11. The lowest BCUT2D eigenvalue weighted by Gasteiger charge is -2.13. The number of carbonyl (C=O) groups is 1. The van der Waals surface area contributed by atoms with Crippen molar-refractivity contribution in [2.75, 3.05) is 10.6 Å². The zero-order valence-corrected chi connectivity index (χ0v) is 15.0. The maximum Gasteiger partial charge on any atom is 0.323 e. The average Bonchev–Trinajstić information content (AvgIpc) is 3.13. The van der Waals surface area contributed by atoms with Gasteiger partial charge in [-0.2, -0.15) is 0 Å². The van der Waals surface area contributed by atoms with E-state index in [1.54, 1.807) is 0 Å². The number of para-hydroxylation sites is 2. The van der Waals surface area contributed by atoms with Crippen molar-refractivity contribution in [1.82, 2.24) is 9.38 Å². The summed E-state index contributed by atoms with van der Waals surface area (Å²) in [7, 11) is 0. The molecule has 0 atom stereocenters. The summed E-state index contributed by atoms with van der Waals surface area (Å²) in [6, 6.07) is 21.1. The molecule has 0 aliphatic rings. The number of aryl methyl sites for hydroxylation is 1. The van der Waals surface area contributed by atoms with Crippen LogP contribution in [0.2, 0.25) is 0 Å². The number of hydrogen-bond donors (Lipinski definition) is 2. The molecule has 0 spiro atoms. The van der Waals surface area contributed by atoms with E-state index in [-0.39, 0.29) is 6.03 Å². The Morgan fingerprint density at radius 1 is 0.926 bits per heavy atom. The molecule has 5 heteroatoms. The van der Waals surface area contributed by atoms with Gasteiger partial charge in [0, 0.05) is 23.6 Å². The Labute approximate surface area is 157 Å². The van der Waals surface area contributed by atoms with Crippen molar-refractivity contribution in [3.8, 4) is 11.3 Å². The first-order chi connectivity index (χ1) is 13.2. The minimum atomic E-state index is -0.271. The number of nitrogens with zero attached hydrogens (tertiary/aromatic N) is 2. The van der Waals surface area contributed by atoms with Crippen LogP contribution in [-0.4, -0.2) is 15.4 Å². The molecule has 27 heavy (non-hydrogen) atoms. The van der Waals surface area contributed by atoms with Gasteiger partial charge in [-0.15, -0.1) is 0 Å². The lowest BCUT2D eigenvalue weighted by atomic mass is 10.1. The lowest BCUT2D eigenvalue weighted by Crippen LogP contribution is -2.20. The molecular formula is C22H20N4O. The first-order valence-corrected chi connectivity index (χ1v) is 8.93. The molecule has 0 saturated carbocycles. The van der Waals surface area contributed by atoms with Crippen molar-refractivity contribution in [2.45, 2.75) is 13.3 Å². The number of benzene rings is 2. The van der Waals surface area contributed by atoms with Crippen LogP contribution in [0.25, 0.3) is 16.9 Å². The molecule has 2 heterocycles. The van der Waals surface area contributed by atoms with Crippen molar-refractivity contribution in [3.05, 3.63) is 84.7 Å². The normalized spacial score (nSPS) is 10.7. The minimum Gasteiger partial charge on any atom is -0.307 e. The number of imidazole rings is 1. The third kappa shape index (κ3) is 3.53. The third-order valence-electron chi connectivity index (χ3n) is 4.46. The summed E-state index contributed by atoms with van der Waals surface area (Å²) >= 11 is 0. The molecule has 0 aliphatic heterocycles. The second kappa shape index (κ2) is 7.33. The fourth-order valence-electron chi connectivity index (χ4n) is 3.11. The number of pyridine rings is 1. The van der Waals surface area contributed by atoms with Crippen LogP contribution in [0, 0.1) is 0 Å². The quantitative estimate of drug-likeness (QED) is 0.527. The molecule has 0 fully saturated rings. The van der Waals surface area contributed by atoms with Crippen molar-refractivity contribution in [1.29, 1.82) is 0 Å². The van der Waals surface area contributed by atoms with Crippen molar-refractivity contribution >= 4 is 23.1 Å². The number of nitrogens with one attached hydrogen (secondary N) is 2. The molecule has 2 aromatic carbocycles. The van der Waals surface area contributed by atoms with Crippen molar-refractivity contribution in [2.24, 2.45) is 0 Å². The Kier molecular flexibility index (Phi) is 4.58. The molecule has 2 aromatic heterocycles. The molecule has 4 rings (SSSR count). The first-order valence-electron chi connectivity index (χ1n) is 8.93. The number of fused-ring (bicyclic) bond motifs is 1. The number of urea groups is 1. The van der Waals surface area contributed by atoms with Gasteiger partial charge in [-0.25, -0.2) is 9.78 Å². The SMILES string of the molecule is CCc1ccccc1NC(=O)Nc1ccccc1-c1cn2ccccc2n1. The third-order valence-corrected chi connectivity index (χ3v) is 4.46. The standard InChI is InChI=1S/C22H20N4O/c1-2-16-9-3-5-11-18(16)24-22(27)25-19-12-6-4-10-17(19)20-15-26-14-8-7-13-21(26)23-20/h3-15H,2H2,1H3,(H2,24,25,27). The van der Waals surface area contributed by atoms with Gasteiger partial charge in [0.25, 0.3) is 0 Å². The molecule has 5 nitrogen and oxygen atoms in total. The fraction of sp³-hybridized carbons (Fsp3) is 0.0909. The highest BCUT2D eigenvalue weighted by atomic mass is 16.2. The van der Waals surface area contributed by atoms with Crippen LogP contribution < -0.4 is 10.6 Å². The van der Waals surface area contributed by atoms with Gasteiger partial charge < -0.3 is 15.0 Å². The Balaban J connectivity index is 1.60.